The van der Waals surface area contributed by atoms with Crippen LogP contribution in [0.25, 0.3) is 10.1 Å². The van der Waals surface area contributed by atoms with E-state index >= 15 is 0 Å². The van der Waals surface area contributed by atoms with Crippen molar-refractivity contribution in [3.05, 3.63) is 24.3 Å². The van der Waals surface area contributed by atoms with Gasteiger partial charge in [0.05, 0.1) is 4.70 Å². The van der Waals surface area contributed by atoms with Gasteiger partial charge >= 0.3 is 5.97 Å². The highest BCUT2D eigenvalue weighted by molar-refractivity contribution is 7.13. The zero-order valence-electron chi connectivity index (χ0n) is 9.17. The number of hydrogen-bond acceptors (Lipinski definition) is 4. The molecule has 1 unspecified atom stereocenters. The number of hydrogen-bond donors (Lipinski definition) is 1. The lowest BCUT2D eigenvalue weighted by Gasteiger charge is -2.21. The number of carboxylic acid groups (broad SMARTS) is 1. The number of aliphatic carboxylic acids is 1. The summed E-state index contributed by atoms with van der Waals surface area (Å²) in [7, 11) is 0. The Morgan fingerprint density at radius 3 is 3.12 bits per heavy atom. The van der Waals surface area contributed by atoms with Crippen LogP contribution in [-0.2, 0) is 4.79 Å². The van der Waals surface area contributed by atoms with Gasteiger partial charge in [-0.15, -0.1) is 0 Å². The molecule has 1 saturated heterocycles. The minimum Gasteiger partial charge on any atom is -0.480 e. The van der Waals surface area contributed by atoms with Gasteiger partial charge in [-0.2, -0.15) is 4.37 Å². The summed E-state index contributed by atoms with van der Waals surface area (Å²) in [4.78, 5) is 13.1. The normalized spacial score (nSPS) is 20.0. The Morgan fingerprint density at radius 2 is 2.29 bits per heavy atom. The molecule has 3 rings (SSSR count). The summed E-state index contributed by atoms with van der Waals surface area (Å²) in [6.45, 7) is 0.782. The molecule has 1 N–H and O–H groups in total. The molecule has 0 saturated carbocycles. The van der Waals surface area contributed by atoms with Gasteiger partial charge in [-0.25, -0.2) is 4.79 Å². The molecule has 2 heterocycles. The second-order valence-corrected chi connectivity index (χ2v) is 5.00. The summed E-state index contributed by atoms with van der Waals surface area (Å²) < 4.78 is 5.52. The molecule has 0 amide bonds. The van der Waals surface area contributed by atoms with Gasteiger partial charge in [-0.05, 0) is 36.5 Å². The van der Waals surface area contributed by atoms with Crippen molar-refractivity contribution in [2.45, 2.75) is 18.9 Å². The number of fused-ring (bicyclic) bond motifs is 1. The van der Waals surface area contributed by atoms with E-state index in [9.17, 15) is 9.90 Å². The van der Waals surface area contributed by atoms with Crippen LogP contribution < -0.4 is 4.90 Å². The standard InChI is InChI=1S/C12H12N2O2S/c15-12(16)9-5-3-7-14(9)11-8-4-1-2-6-10(8)17-13-11/h1-2,4,6,9H,3,5,7H2,(H,15,16). The minimum atomic E-state index is -0.750. The highest BCUT2D eigenvalue weighted by Crippen LogP contribution is 2.33. The Kier molecular flexibility index (Phi) is 2.48. The summed E-state index contributed by atoms with van der Waals surface area (Å²) in [5, 5.41) is 10.2. The average Bonchev–Trinajstić information content (AvgIpc) is 2.94. The molecular formula is C12H12N2O2S. The number of rotatable bonds is 2. The molecule has 0 bridgehead atoms. The highest BCUT2D eigenvalue weighted by Gasteiger charge is 2.32. The quantitative estimate of drug-likeness (QED) is 0.886. The summed E-state index contributed by atoms with van der Waals surface area (Å²) >= 11 is 1.43. The van der Waals surface area contributed by atoms with Crippen molar-refractivity contribution in [3.63, 3.8) is 0 Å². The van der Waals surface area contributed by atoms with Crippen LogP contribution in [0.2, 0.25) is 0 Å². The lowest BCUT2D eigenvalue weighted by molar-refractivity contribution is -0.138. The average molecular weight is 248 g/mol. The predicted octanol–water partition coefficient (Wildman–Crippen LogP) is 2.35. The lowest BCUT2D eigenvalue weighted by atomic mass is 10.2. The van der Waals surface area contributed by atoms with Gasteiger partial charge in [0.1, 0.15) is 6.04 Å². The molecular weight excluding hydrogens is 236 g/mol. The van der Waals surface area contributed by atoms with Gasteiger partial charge < -0.3 is 10.0 Å². The third kappa shape index (κ3) is 1.67. The van der Waals surface area contributed by atoms with Gasteiger partial charge in [0.2, 0.25) is 0 Å². The van der Waals surface area contributed by atoms with Crippen molar-refractivity contribution < 1.29 is 9.90 Å². The number of carboxylic acids is 1. The maximum atomic E-state index is 11.2. The zero-order chi connectivity index (χ0) is 11.8. The van der Waals surface area contributed by atoms with E-state index in [-0.39, 0.29) is 0 Å². The van der Waals surface area contributed by atoms with E-state index < -0.39 is 12.0 Å². The van der Waals surface area contributed by atoms with Crippen LogP contribution >= 0.6 is 11.5 Å². The molecule has 88 valence electrons. The zero-order valence-corrected chi connectivity index (χ0v) is 9.98. The summed E-state index contributed by atoms with van der Waals surface area (Å²) in [5.41, 5.74) is 0. The molecule has 1 aromatic heterocycles. The Hall–Kier alpha value is -1.62. The second kappa shape index (κ2) is 4.00. The lowest BCUT2D eigenvalue weighted by Crippen LogP contribution is -2.36. The first-order valence-corrected chi connectivity index (χ1v) is 6.38. The molecule has 1 aromatic carbocycles. The predicted molar refractivity (Wildman–Crippen MR) is 67.6 cm³/mol. The molecule has 2 aromatic rings. The number of nitrogens with zero attached hydrogens (tertiary/aromatic N) is 2. The van der Waals surface area contributed by atoms with Crippen molar-refractivity contribution in [2.24, 2.45) is 0 Å². The Balaban J connectivity index is 2.06. The van der Waals surface area contributed by atoms with Gasteiger partial charge in [-0.3, -0.25) is 0 Å². The minimum absolute atomic E-state index is 0.416. The van der Waals surface area contributed by atoms with Crippen molar-refractivity contribution in [1.29, 1.82) is 0 Å². The first kappa shape index (κ1) is 10.5. The third-order valence-corrected chi connectivity index (χ3v) is 3.99. The smallest absolute Gasteiger partial charge is 0.326 e. The van der Waals surface area contributed by atoms with E-state index in [0.717, 1.165) is 28.9 Å². The van der Waals surface area contributed by atoms with Crippen molar-refractivity contribution in [2.75, 3.05) is 11.4 Å². The van der Waals surface area contributed by atoms with E-state index in [2.05, 4.69) is 4.37 Å². The van der Waals surface area contributed by atoms with Crippen LogP contribution in [-0.4, -0.2) is 28.0 Å². The summed E-state index contributed by atoms with van der Waals surface area (Å²) in [6, 6.07) is 7.54. The van der Waals surface area contributed by atoms with Gasteiger partial charge in [0.15, 0.2) is 5.82 Å². The maximum absolute atomic E-state index is 11.2. The molecule has 1 aliphatic rings. The second-order valence-electron chi connectivity index (χ2n) is 4.19. The fourth-order valence-corrected chi connectivity index (χ4v) is 3.14. The fourth-order valence-electron chi connectivity index (χ4n) is 2.36. The molecule has 0 aliphatic carbocycles. The maximum Gasteiger partial charge on any atom is 0.326 e. The van der Waals surface area contributed by atoms with E-state index in [4.69, 9.17) is 0 Å². The van der Waals surface area contributed by atoms with Gasteiger partial charge in [0, 0.05) is 11.9 Å². The fraction of sp³-hybridized carbons (Fsp3) is 0.333. The number of carbonyl (C=O) groups is 1. The monoisotopic (exact) mass is 248 g/mol. The Morgan fingerprint density at radius 1 is 1.47 bits per heavy atom. The van der Waals surface area contributed by atoms with Crippen LogP contribution in [0.1, 0.15) is 12.8 Å². The number of benzene rings is 1. The molecule has 5 heteroatoms. The van der Waals surface area contributed by atoms with Gasteiger partial charge in [0.25, 0.3) is 0 Å². The van der Waals surface area contributed by atoms with E-state index in [1.807, 2.05) is 29.2 Å². The van der Waals surface area contributed by atoms with E-state index in [1.54, 1.807) is 0 Å². The molecule has 1 fully saturated rings. The highest BCUT2D eigenvalue weighted by atomic mass is 32.1. The van der Waals surface area contributed by atoms with Crippen molar-refractivity contribution in [3.8, 4) is 0 Å². The van der Waals surface area contributed by atoms with Crippen molar-refractivity contribution in [1.82, 2.24) is 4.37 Å². The van der Waals surface area contributed by atoms with Crippen LogP contribution in [0.15, 0.2) is 24.3 Å². The van der Waals surface area contributed by atoms with Crippen molar-refractivity contribution >= 4 is 33.4 Å². The molecule has 0 radical (unpaired) electrons. The van der Waals surface area contributed by atoms with Crippen LogP contribution in [0.5, 0.6) is 0 Å². The Bertz CT molecular complexity index is 566. The topological polar surface area (TPSA) is 53.4 Å². The molecule has 1 atom stereocenters. The van der Waals surface area contributed by atoms with E-state index in [1.165, 1.54) is 11.5 Å². The van der Waals surface area contributed by atoms with Crippen LogP contribution in [0.4, 0.5) is 5.82 Å². The largest absolute Gasteiger partial charge is 0.480 e. The first-order valence-electron chi connectivity index (χ1n) is 5.61. The summed E-state index contributed by atoms with van der Waals surface area (Å²) in [5.74, 6) is 0.0788. The molecule has 1 aliphatic heterocycles. The van der Waals surface area contributed by atoms with Gasteiger partial charge in [-0.1, -0.05) is 12.1 Å². The van der Waals surface area contributed by atoms with Crippen LogP contribution in [0.3, 0.4) is 0 Å². The molecule has 17 heavy (non-hydrogen) atoms. The number of aromatic nitrogens is 1. The Labute approximate surface area is 103 Å². The summed E-state index contributed by atoms with van der Waals surface area (Å²) in [6.07, 6.45) is 1.63. The van der Waals surface area contributed by atoms with Crippen LogP contribution in [0, 0.1) is 0 Å². The third-order valence-electron chi connectivity index (χ3n) is 3.17. The SMILES string of the molecule is O=C(O)C1CCCN1c1nsc2ccccc12. The van der Waals surface area contributed by atoms with E-state index in [0.29, 0.717) is 6.42 Å². The number of anilines is 1. The first-order chi connectivity index (χ1) is 8.27. The molecule has 4 nitrogen and oxygen atoms in total. The molecule has 0 spiro atoms.